The molecule has 0 radical (unpaired) electrons. The molecule has 0 aromatic heterocycles. The van der Waals surface area contributed by atoms with Gasteiger partial charge >= 0.3 is 0 Å². The van der Waals surface area contributed by atoms with Crippen molar-refractivity contribution in [3.05, 3.63) is 120 Å². The third-order valence-electron chi connectivity index (χ3n) is 5.80. The maximum atomic E-state index is 13.3. The number of nitrogens with one attached hydrogen (secondary N) is 2. The van der Waals surface area contributed by atoms with Crippen LogP contribution in [0, 0.1) is 0 Å². The number of amides is 2. The molecule has 0 spiro atoms. The molecule has 4 aromatic rings. The number of ketones is 1. The summed E-state index contributed by atoms with van der Waals surface area (Å²) in [5, 5.41) is 5.56. The molecule has 0 saturated heterocycles. The van der Waals surface area contributed by atoms with Crippen molar-refractivity contribution in [3.63, 3.8) is 0 Å². The summed E-state index contributed by atoms with van der Waals surface area (Å²) in [5.41, 5.74) is 10.2. The second-order valence-corrected chi connectivity index (χ2v) is 8.89. The highest BCUT2D eigenvalue weighted by molar-refractivity contribution is 7.80. The molecule has 2 amide bonds. The Hall–Kier alpha value is -4.20. The highest BCUT2D eigenvalue weighted by atomic mass is 32.1. The van der Waals surface area contributed by atoms with Gasteiger partial charge in [0.25, 0.3) is 0 Å². The lowest BCUT2D eigenvalue weighted by molar-refractivity contribution is -0.117. The van der Waals surface area contributed by atoms with E-state index in [1.165, 1.54) is 0 Å². The Morgan fingerprint density at radius 1 is 0.757 bits per heavy atom. The third-order valence-corrected chi connectivity index (χ3v) is 6.19. The molecule has 0 aliphatic rings. The van der Waals surface area contributed by atoms with E-state index < -0.39 is 11.9 Å². The van der Waals surface area contributed by atoms with Gasteiger partial charge in [-0.2, -0.15) is 12.6 Å². The van der Waals surface area contributed by atoms with Crippen LogP contribution >= 0.6 is 12.6 Å². The zero-order valence-electron chi connectivity index (χ0n) is 20.1. The Morgan fingerprint density at radius 2 is 1.38 bits per heavy atom. The molecule has 6 nitrogen and oxygen atoms in total. The molecule has 1 atom stereocenters. The van der Waals surface area contributed by atoms with Crippen molar-refractivity contribution in [3.8, 4) is 11.1 Å². The molecular weight excluding hydrogens is 482 g/mol. The van der Waals surface area contributed by atoms with Crippen LogP contribution in [0.25, 0.3) is 11.1 Å². The lowest BCUT2D eigenvalue weighted by Crippen LogP contribution is -2.37. The molecular formula is C30H27N3O3S. The molecule has 4 aromatic carbocycles. The van der Waals surface area contributed by atoms with Crippen LogP contribution in [0.3, 0.4) is 0 Å². The smallest absolute Gasteiger partial charge is 0.242 e. The van der Waals surface area contributed by atoms with Crippen LogP contribution in [0.5, 0.6) is 0 Å². The Kier molecular flexibility index (Phi) is 8.51. The summed E-state index contributed by atoms with van der Waals surface area (Å²) in [5.74, 6) is -0.771. The van der Waals surface area contributed by atoms with Gasteiger partial charge in [0.2, 0.25) is 11.8 Å². The molecule has 4 rings (SSSR count). The fourth-order valence-corrected chi connectivity index (χ4v) is 3.97. The largest absolute Gasteiger partial charge is 0.325 e. The summed E-state index contributed by atoms with van der Waals surface area (Å²) < 4.78 is 0. The highest BCUT2D eigenvalue weighted by Gasteiger charge is 2.18. The van der Waals surface area contributed by atoms with Crippen LogP contribution in [0.15, 0.2) is 103 Å². The van der Waals surface area contributed by atoms with Crippen LogP contribution in [0.1, 0.15) is 21.5 Å². The van der Waals surface area contributed by atoms with Crippen LogP contribution in [-0.2, 0) is 16.0 Å². The molecule has 0 aliphatic heterocycles. The second-order valence-electron chi connectivity index (χ2n) is 8.52. The van der Waals surface area contributed by atoms with E-state index in [1.807, 2.05) is 60.7 Å². The first-order valence-corrected chi connectivity index (χ1v) is 12.4. The summed E-state index contributed by atoms with van der Waals surface area (Å²) in [7, 11) is 0. The Morgan fingerprint density at radius 3 is 2.03 bits per heavy atom. The van der Waals surface area contributed by atoms with E-state index in [4.69, 9.17) is 5.73 Å². The molecule has 0 unspecified atom stereocenters. The van der Waals surface area contributed by atoms with Crippen LogP contribution in [0.4, 0.5) is 11.4 Å². The predicted molar refractivity (Wildman–Crippen MR) is 151 cm³/mol. The first kappa shape index (κ1) is 25.9. The van der Waals surface area contributed by atoms with Crippen molar-refractivity contribution < 1.29 is 14.4 Å². The van der Waals surface area contributed by atoms with Gasteiger partial charge in [0.15, 0.2) is 5.78 Å². The number of rotatable bonds is 9. The standard InChI is InChI=1S/C30H27N3O3S/c31-26(19-37)30(36)32-24-15-16-27(25(18-24)29(35)23-9-5-2-6-10-23)33-28(34)17-20-11-13-22(14-12-20)21-7-3-1-4-8-21/h1-16,18,26,37H,17,19,31H2,(H,32,36)(H,33,34)/t26-/m0/s1. The van der Waals surface area contributed by atoms with Gasteiger partial charge in [0.05, 0.1) is 18.2 Å². The number of thiol groups is 1. The molecule has 4 N–H and O–H groups in total. The zero-order chi connectivity index (χ0) is 26.2. The summed E-state index contributed by atoms with van der Waals surface area (Å²) in [4.78, 5) is 38.5. The van der Waals surface area contributed by atoms with Crippen LogP contribution in [0.2, 0.25) is 0 Å². The van der Waals surface area contributed by atoms with E-state index in [-0.39, 0.29) is 29.4 Å². The van der Waals surface area contributed by atoms with Crippen LogP contribution in [-0.4, -0.2) is 29.4 Å². The Balaban J connectivity index is 1.54. The number of hydrogen-bond acceptors (Lipinski definition) is 5. The minimum atomic E-state index is -0.788. The van der Waals surface area contributed by atoms with Gasteiger partial charge in [-0.1, -0.05) is 84.9 Å². The number of carbonyl (C=O) groups excluding carboxylic acids is 3. The molecule has 7 heteroatoms. The van der Waals surface area contributed by atoms with Gasteiger partial charge in [-0.15, -0.1) is 0 Å². The van der Waals surface area contributed by atoms with Crippen molar-refractivity contribution >= 4 is 41.6 Å². The second kappa shape index (κ2) is 12.2. The fraction of sp³-hybridized carbons (Fsp3) is 0.100. The maximum Gasteiger partial charge on any atom is 0.242 e. The van der Waals surface area contributed by atoms with Gasteiger partial charge in [-0.3, -0.25) is 14.4 Å². The van der Waals surface area contributed by atoms with E-state index in [2.05, 4.69) is 23.3 Å². The van der Waals surface area contributed by atoms with E-state index in [0.29, 0.717) is 16.9 Å². The molecule has 0 aliphatic carbocycles. The van der Waals surface area contributed by atoms with Crippen molar-refractivity contribution in [1.29, 1.82) is 0 Å². The Labute approximate surface area is 221 Å². The minimum absolute atomic E-state index is 0.142. The first-order valence-electron chi connectivity index (χ1n) is 11.8. The number of anilines is 2. The summed E-state index contributed by atoms with van der Waals surface area (Å²) in [6.45, 7) is 0. The zero-order valence-corrected chi connectivity index (χ0v) is 21.0. The monoisotopic (exact) mass is 509 g/mol. The van der Waals surface area contributed by atoms with Gasteiger partial charge in [0.1, 0.15) is 0 Å². The number of nitrogens with two attached hydrogens (primary N) is 1. The summed E-state index contributed by atoms with van der Waals surface area (Å²) in [6.07, 6.45) is 0.142. The van der Waals surface area contributed by atoms with E-state index >= 15 is 0 Å². The number of benzene rings is 4. The first-order chi connectivity index (χ1) is 17.9. The predicted octanol–water partition coefficient (Wildman–Crippen LogP) is 4.96. The van der Waals surface area contributed by atoms with Crippen LogP contribution < -0.4 is 16.4 Å². The van der Waals surface area contributed by atoms with E-state index in [9.17, 15) is 14.4 Å². The Bertz CT molecular complexity index is 1390. The van der Waals surface area contributed by atoms with Crippen molar-refractivity contribution in [2.24, 2.45) is 5.73 Å². The normalized spacial score (nSPS) is 11.4. The van der Waals surface area contributed by atoms with E-state index in [1.54, 1.807) is 42.5 Å². The van der Waals surface area contributed by atoms with Crippen molar-refractivity contribution in [2.75, 3.05) is 16.4 Å². The topological polar surface area (TPSA) is 101 Å². The van der Waals surface area contributed by atoms with Crippen molar-refractivity contribution in [2.45, 2.75) is 12.5 Å². The molecule has 37 heavy (non-hydrogen) atoms. The summed E-state index contributed by atoms with van der Waals surface area (Å²) in [6, 6.07) is 30.5. The average Bonchev–Trinajstić information content (AvgIpc) is 2.94. The van der Waals surface area contributed by atoms with Gasteiger partial charge in [0, 0.05) is 22.6 Å². The quantitative estimate of drug-likeness (QED) is 0.189. The molecule has 0 heterocycles. The summed E-state index contributed by atoms with van der Waals surface area (Å²) >= 11 is 4.05. The molecule has 0 bridgehead atoms. The third kappa shape index (κ3) is 6.73. The van der Waals surface area contributed by atoms with Gasteiger partial charge < -0.3 is 16.4 Å². The fourth-order valence-electron chi connectivity index (χ4n) is 3.81. The number of hydrogen-bond donors (Lipinski definition) is 4. The van der Waals surface area contributed by atoms with Gasteiger partial charge in [-0.05, 0) is 34.9 Å². The minimum Gasteiger partial charge on any atom is -0.325 e. The molecule has 0 saturated carbocycles. The molecule has 0 fully saturated rings. The molecule has 186 valence electrons. The van der Waals surface area contributed by atoms with Crippen molar-refractivity contribution in [1.82, 2.24) is 0 Å². The number of carbonyl (C=O) groups is 3. The highest BCUT2D eigenvalue weighted by Crippen LogP contribution is 2.25. The lowest BCUT2D eigenvalue weighted by atomic mass is 10.00. The van der Waals surface area contributed by atoms with Gasteiger partial charge in [-0.25, -0.2) is 0 Å². The lowest BCUT2D eigenvalue weighted by Gasteiger charge is -2.15. The SMILES string of the molecule is N[C@@H](CS)C(=O)Nc1ccc(NC(=O)Cc2ccc(-c3ccccc3)cc2)c(C(=O)c2ccccc2)c1. The van der Waals surface area contributed by atoms with E-state index in [0.717, 1.165) is 16.7 Å². The average molecular weight is 510 g/mol. The maximum absolute atomic E-state index is 13.3.